The van der Waals surface area contributed by atoms with Crippen LogP contribution in [0.15, 0.2) is 36.6 Å². The molecule has 316 valence electrons. The fourth-order valence-electron chi connectivity index (χ4n) is 6.07. The fraction of sp³-hybridized carbons (Fsp3) is 0.841. The number of hydrogen-bond acceptors (Lipinski definition) is 7. The van der Waals surface area contributed by atoms with Gasteiger partial charge in [-0.05, 0) is 76.7 Å². The first-order valence-corrected chi connectivity index (χ1v) is 23.4. The Bertz CT molecular complexity index is 1030. The first kappa shape index (κ1) is 50.5. The number of carbonyl (C=O) groups excluding carboxylic acids is 1. The van der Waals surface area contributed by atoms with Crippen LogP contribution in [0.3, 0.4) is 0 Å². The molecule has 1 rings (SSSR count). The lowest BCUT2D eigenvalue weighted by atomic mass is 10.1. The predicted octanol–water partition coefficient (Wildman–Crippen LogP) is 11.9. The minimum absolute atomic E-state index is 0.0617. The molecule has 9 nitrogen and oxygen atoms in total. The molecule has 4 atom stereocenters. The Kier molecular flexibility index (Phi) is 31.5. The van der Waals surface area contributed by atoms with Gasteiger partial charge < -0.3 is 23.6 Å². The van der Waals surface area contributed by atoms with Gasteiger partial charge in [0, 0.05) is 6.42 Å². The Hall–Kier alpha value is -1.48. The minimum Gasteiger partial charge on any atom is -0.492 e. The quantitative estimate of drug-likeness (QED) is 0.0125. The van der Waals surface area contributed by atoms with E-state index in [1.807, 2.05) is 27.2 Å². The smallest absolute Gasteiger partial charge is 0.472 e. The van der Waals surface area contributed by atoms with Gasteiger partial charge in [-0.2, -0.15) is 0 Å². The van der Waals surface area contributed by atoms with E-state index in [2.05, 4.69) is 38.2 Å². The zero-order valence-corrected chi connectivity index (χ0v) is 36.3. The van der Waals surface area contributed by atoms with Crippen molar-refractivity contribution in [3.63, 3.8) is 0 Å². The van der Waals surface area contributed by atoms with Gasteiger partial charge in [-0.25, -0.2) is 4.57 Å². The highest BCUT2D eigenvalue weighted by Crippen LogP contribution is 2.43. The summed E-state index contributed by atoms with van der Waals surface area (Å²) in [4.78, 5) is 22.7. The van der Waals surface area contributed by atoms with Gasteiger partial charge in [0.05, 0.1) is 46.2 Å². The molecule has 1 aliphatic rings. The van der Waals surface area contributed by atoms with Crippen molar-refractivity contribution in [1.29, 1.82) is 0 Å². The van der Waals surface area contributed by atoms with Crippen molar-refractivity contribution >= 4 is 13.8 Å². The summed E-state index contributed by atoms with van der Waals surface area (Å²) in [5.74, 6) is -0.296. The Morgan fingerprint density at radius 3 is 1.83 bits per heavy atom. The molecule has 1 heterocycles. The maximum Gasteiger partial charge on any atom is 0.472 e. The van der Waals surface area contributed by atoms with E-state index in [0.29, 0.717) is 29.7 Å². The largest absolute Gasteiger partial charge is 0.492 e. The summed E-state index contributed by atoms with van der Waals surface area (Å²) in [6.07, 6.45) is 41.6. The van der Waals surface area contributed by atoms with Crippen LogP contribution in [0.5, 0.6) is 0 Å². The number of unbranched alkanes of at least 4 members (excludes halogenated alkanes) is 18. The van der Waals surface area contributed by atoms with Crippen LogP contribution < -0.4 is 0 Å². The molecule has 3 unspecified atom stereocenters. The molecule has 1 saturated heterocycles. The number of quaternary nitrogens is 1. The molecule has 0 amide bonds. The molecule has 0 aromatic heterocycles. The molecule has 0 radical (unpaired) electrons. The Balaban J connectivity index is 2.25. The molecule has 0 aromatic carbocycles. The van der Waals surface area contributed by atoms with Gasteiger partial charge in [0.15, 0.2) is 6.10 Å². The van der Waals surface area contributed by atoms with Gasteiger partial charge >= 0.3 is 13.8 Å². The van der Waals surface area contributed by atoms with Crippen LogP contribution in [-0.4, -0.2) is 81.2 Å². The van der Waals surface area contributed by atoms with Gasteiger partial charge in [-0.3, -0.25) is 13.8 Å². The molecule has 0 aromatic rings. The highest BCUT2D eigenvalue weighted by atomic mass is 31.2. The lowest BCUT2D eigenvalue weighted by molar-refractivity contribution is -0.870. The number of phosphoric acid groups is 1. The third-order valence-electron chi connectivity index (χ3n) is 9.69. The van der Waals surface area contributed by atoms with Crippen LogP contribution in [0.25, 0.3) is 0 Å². The van der Waals surface area contributed by atoms with E-state index in [1.165, 1.54) is 96.3 Å². The lowest BCUT2D eigenvalue weighted by Crippen LogP contribution is -2.37. The second-order valence-corrected chi connectivity index (χ2v) is 17.6. The molecule has 54 heavy (non-hydrogen) atoms. The van der Waals surface area contributed by atoms with Crippen molar-refractivity contribution in [2.24, 2.45) is 0 Å². The van der Waals surface area contributed by atoms with E-state index >= 15 is 0 Å². The van der Waals surface area contributed by atoms with Crippen LogP contribution in [0.2, 0.25) is 0 Å². The van der Waals surface area contributed by atoms with Crippen LogP contribution in [0.4, 0.5) is 0 Å². The summed E-state index contributed by atoms with van der Waals surface area (Å²) in [6, 6.07) is 0. The number of hydrogen-bond donors (Lipinski definition) is 1. The Morgan fingerprint density at radius 1 is 0.685 bits per heavy atom. The summed E-state index contributed by atoms with van der Waals surface area (Å²) in [6.45, 7) is 4.83. The number of ether oxygens (including phenoxy) is 3. The van der Waals surface area contributed by atoms with E-state index in [-0.39, 0.29) is 25.8 Å². The van der Waals surface area contributed by atoms with Gasteiger partial charge in [0.25, 0.3) is 0 Å². The van der Waals surface area contributed by atoms with E-state index in [0.717, 1.165) is 57.8 Å². The molecular weight excluding hydrogens is 701 g/mol. The number of carbonyl (C=O) groups is 1. The van der Waals surface area contributed by atoms with Crippen molar-refractivity contribution in [2.45, 2.75) is 193 Å². The third-order valence-corrected chi connectivity index (χ3v) is 10.7. The number of esters is 1. The number of allylic oxidation sites excluding steroid dienone is 4. The van der Waals surface area contributed by atoms with Crippen molar-refractivity contribution in [3.8, 4) is 0 Å². The normalized spacial score (nSPS) is 17.8. The Labute approximate surface area is 331 Å². The first-order valence-electron chi connectivity index (χ1n) is 21.9. The van der Waals surface area contributed by atoms with Crippen molar-refractivity contribution < 1.29 is 42.0 Å². The lowest BCUT2D eigenvalue weighted by Gasteiger charge is -2.24. The van der Waals surface area contributed by atoms with Gasteiger partial charge in [0.2, 0.25) is 0 Å². The first-order chi connectivity index (χ1) is 26.1. The van der Waals surface area contributed by atoms with E-state index in [1.54, 1.807) is 6.26 Å². The Morgan fingerprint density at radius 2 is 1.22 bits per heavy atom. The van der Waals surface area contributed by atoms with Gasteiger partial charge in [-0.15, -0.1) is 0 Å². The maximum atomic E-state index is 12.5. The standard InChI is InChI=1S/C44H82NO8P/c1-6-8-10-11-12-13-14-15-16-17-18-19-22-25-28-32-37-49-41(40-52-54(47,48)51-38-36-45(3,4)5)39-50-44(46)35-31-27-24-21-20-23-26-30-34-43-42(53-43)33-29-9-7-2/h13-14,26,30,32,37,41-43H,6-12,15-25,27-29,31,33-36,38-40H2,1-5H3/p+1/b14-13-,30-26-,37-32+/t41-,42?,43?/m1/s1. The molecular formula is C44H83NO8P+. The van der Waals surface area contributed by atoms with E-state index < -0.39 is 13.9 Å². The second kappa shape index (κ2) is 33.6. The maximum absolute atomic E-state index is 12.5. The minimum atomic E-state index is -4.27. The van der Waals surface area contributed by atoms with Crippen LogP contribution >= 0.6 is 7.82 Å². The summed E-state index contributed by atoms with van der Waals surface area (Å²) in [5, 5.41) is 0. The van der Waals surface area contributed by atoms with Crippen molar-refractivity contribution in [1.82, 2.24) is 0 Å². The molecule has 0 saturated carbocycles. The van der Waals surface area contributed by atoms with Crippen molar-refractivity contribution in [3.05, 3.63) is 36.6 Å². The van der Waals surface area contributed by atoms with E-state index in [9.17, 15) is 14.3 Å². The molecule has 1 aliphatic heterocycles. The van der Waals surface area contributed by atoms with Crippen molar-refractivity contribution in [2.75, 3.05) is 47.5 Å². The summed E-state index contributed by atoms with van der Waals surface area (Å²) in [5.41, 5.74) is 0. The van der Waals surface area contributed by atoms with Crippen LogP contribution in [-0.2, 0) is 32.6 Å². The third kappa shape index (κ3) is 33.8. The van der Waals surface area contributed by atoms with Crippen LogP contribution in [0.1, 0.15) is 174 Å². The zero-order chi connectivity index (χ0) is 39.6. The topological polar surface area (TPSA) is 104 Å². The molecule has 1 fully saturated rings. The molecule has 1 N–H and O–H groups in total. The highest BCUT2D eigenvalue weighted by molar-refractivity contribution is 7.47. The number of nitrogens with zero attached hydrogens (tertiary/aromatic N) is 1. The summed E-state index contributed by atoms with van der Waals surface area (Å²) < 4.78 is 40.5. The second-order valence-electron chi connectivity index (χ2n) is 16.2. The average molecular weight is 785 g/mol. The monoisotopic (exact) mass is 785 g/mol. The molecule has 10 heteroatoms. The highest BCUT2D eigenvalue weighted by Gasteiger charge is 2.36. The molecule has 0 bridgehead atoms. The molecule has 0 spiro atoms. The number of rotatable bonds is 39. The summed E-state index contributed by atoms with van der Waals surface area (Å²) in [7, 11) is 1.65. The van der Waals surface area contributed by atoms with Crippen LogP contribution in [0, 0.1) is 0 Å². The number of epoxide rings is 1. The zero-order valence-electron chi connectivity index (χ0n) is 35.4. The number of phosphoric ester groups is 1. The SMILES string of the molecule is CCCCCC/C=C\CCCCCCCC/C=C/O[C@H](COC(=O)CCCCCCC/C=C\CC1OC1CCCCC)COP(=O)(O)OCC[N+](C)(C)C. The van der Waals surface area contributed by atoms with Gasteiger partial charge in [0.1, 0.15) is 19.8 Å². The average Bonchev–Trinajstić information content (AvgIpc) is 3.88. The predicted molar refractivity (Wildman–Crippen MR) is 223 cm³/mol. The summed E-state index contributed by atoms with van der Waals surface area (Å²) >= 11 is 0. The molecule has 0 aliphatic carbocycles. The number of likely N-dealkylation sites (N-methyl/N-ethyl adjacent to an activating group) is 1. The van der Waals surface area contributed by atoms with Gasteiger partial charge in [-0.1, -0.05) is 122 Å². The fourth-order valence-corrected chi connectivity index (χ4v) is 6.81. The van der Waals surface area contributed by atoms with E-state index in [4.69, 9.17) is 23.3 Å².